The van der Waals surface area contributed by atoms with Gasteiger partial charge in [-0.05, 0) is 31.2 Å². The second-order valence-electron chi connectivity index (χ2n) is 5.66. The quantitative estimate of drug-likeness (QED) is 0.810. The van der Waals surface area contributed by atoms with Gasteiger partial charge in [-0.1, -0.05) is 30.6 Å². The second kappa shape index (κ2) is 8.43. The minimum Gasteiger partial charge on any atom is -0.355 e. The van der Waals surface area contributed by atoms with Gasteiger partial charge in [0.15, 0.2) is 5.82 Å². The number of rotatable bonds is 8. The summed E-state index contributed by atoms with van der Waals surface area (Å²) in [4.78, 5) is 18.0. The SMILES string of the molecule is CCCCc1nc(CN(C)Cc2ccc(C(=O)NC)cc2)no1. The summed E-state index contributed by atoms with van der Waals surface area (Å²) >= 11 is 0. The van der Waals surface area contributed by atoms with Gasteiger partial charge in [0.05, 0.1) is 6.54 Å². The maximum absolute atomic E-state index is 11.5. The van der Waals surface area contributed by atoms with E-state index in [2.05, 4.69) is 27.3 Å². The molecule has 0 bridgehead atoms. The van der Waals surface area contributed by atoms with Crippen LogP contribution in [0.2, 0.25) is 0 Å². The Morgan fingerprint density at radius 3 is 2.65 bits per heavy atom. The molecule has 0 fully saturated rings. The Balaban J connectivity index is 1.87. The van der Waals surface area contributed by atoms with Gasteiger partial charge >= 0.3 is 0 Å². The van der Waals surface area contributed by atoms with Crippen LogP contribution in [0.25, 0.3) is 0 Å². The molecule has 1 heterocycles. The van der Waals surface area contributed by atoms with E-state index in [9.17, 15) is 4.79 Å². The van der Waals surface area contributed by atoms with Gasteiger partial charge in [-0.3, -0.25) is 9.69 Å². The van der Waals surface area contributed by atoms with E-state index in [4.69, 9.17) is 4.52 Å². The number of hydrogen-bond donors (Lipinski definition) is 1. The largest absolute Gasteiger partial charge is 0.355 e. The molecule has 2 rings (SSSR count). The van der Waals surface area contributed by atoms with Crippen molar-refractivity contribution in [2.45, 2.75) is 39.3 Å². The first-order valence-corrected chi connectivity index (χ1v) is 7.93. The number of benzene rings is 1. The molecule has 0 saturated carbocycles. The molecule has 23 heavy (non-hydrogen) atoms. The van der Waals surface area contributed by atoms with Gasteiger partial charge in [-0.25, -0.2) is 0 Å². The molecular formula is C17H24N4O2. The van der Waals surface area contributed by atoms with Crippen LogP contribution < -0.4 is 5.32 Å². The van der Waals surface area contributed by atoms with Crippen molar-refractivity contribution in [3.63, 3.8) is 0 Å². The van der Waals surface area contributed by atoms with Crippen LogP contribution in [-0.2, 0) is 19.5 Å². The standard InChI is InChI=1S/C17H24N4O2/c1-4-5-6-16-19-15(20-23-16)12-21(3)11-13-7-9-14(10-8-13)17(22)18-2/h7-10H,4-6,11-12H2,1-3H3,(H,18,22). The molecule has 1 aromatic carbocycles. The van der Waals surface area contributed by atoms with Crippen molar-refractivity contribution in [1.82, 2.24) is 20.4 Å². The first-order chi connectivity index (χ1) is 11.1. The Morgan fingerprint density at radius 2 is 2.00 bits per heavy atom. The Kier molecular flexibility index (Phi) is 6.29. The highest BCUT2D eigenvalue weighted by Gasteiger charge is 2.09. The smallest absolute Gasteiger partial charge is 0.251 e. The van der Waals surface area contributed by atoms with Crippen molar-refractivity contribution in [2.75, 3.05) is 14.1 Å². The van der Waals surface area contributed by atoms with E-state index in [1.807, 2.05) is 31.3 Å². The fraction of sp³-hybridized carbons (Fsp3) is 0.471. The van der Waals surface area contributed by atoms with Crippen LogP contribution in [0.15, 0.2) is 28.8 Å². The summed E-state index contributed by atoms with van der Waals surface area (Å²) in [5.74, 6) is 1.35. The number of amides is 1. The van der Waals surface area contributed by atoms with Crippen molar-refractivity contribution in [2.24, 2.45) is 0 Å². The maximum Gasteiger partial charge on any atom is 0.251 e. The van der Waals surface area contributed by atoms with Crippen LogP contribution >= 0.6 is 0 Å². The number of nitrogens with one attached hydrogen (secondary N) is 1. The Bertz CT molecular complexity index is 622. The van der Waals surface area contributed by atoms with Crippen LogP contribution in [0.4, 0.5) is 0 Å². The number of carbonyl (C=O) groups is 1. The molecule has 6 heteroatoms. The van der Waals surface area contributed by atoms with Gasteiger partial charge in [-0.15, -0.1) is 0 Å². The molecule has 124 valence electrons. The third-order valence-electron chi connectivity index (χ3n) is 3.56. The van der Waals surface area contributed by atoms with Crippen LogP contribution in [0.3, 0.4) is 0 Å². The van der Waals surface area contributed by atoms with Crippen LogP contribution in [0.5, 0.6) is 0 Å². The van der Waals surface area contributed by atoms with Crippen molar-refractivity contribution >= 4 is 5.91 Å². The van der Waals surface area contributed by atoms with Crippen molar-refractivity contribution in [1.29, 1.82) is 0 Å². The number of unbranched alkanes of at least 4 members (excludes halogenated alkanes) is 1. The average molecular weight is 316 g/mol. The zero-order chi connectivity index (χ0) is 16.7. The third-order valence-corrected chi connectivity index (χ3v) is 3.56. The summed E-state index contributed by atoms with van der Waals surface area (Å²) < 4.78 is 5.24. The zero-order valence-electron chi connectivity index (χ0n) is 14.0. The summed E-state index contributed by atoms with van der Waals surface area (Å²) in [6, 6.07) is 7.59. The third kappa shape index (κ3) is 5.17. The van der Waals surface area contributed by atoms with Gasteiger partial charge < -0.3 is 9.84 Å². The highest BCUT2D eigenvalue weighted by molar-refractivity contribution is 5.93. The topological polar surface area (TPSA) is 71.3 Å². The fourth-order valence-electron chi connectivity index (χ4n) is 2.30. The molecule has 0 aliphatic rings. The highest BCUT2D eigenvalue weighted by Crippen LogP contribution is 2.09. The first-order valence-electron chi connectivity index (χ1n) is 7.93. The summed E-state index contributed by atoms with van der Waals surface area (Å²) in [7, 11) is 3.64. The van der Waals surface area contributed by atoms with Gasteiger partial charge in [0.2, 0.25) is 5.89 Å². The molecule has 0 unspecified atom stereocenters. The van der Waals surface area contributed by atoms with E-state index in [0.29, 0.717) is 23.8 Å². The minimum atomic E-state index is -0.0729. The molecule has 1 N–H and O–H groups in total. The molecule has 2 aromatic rings. The van der Waals surface area contributed by atoms with Gasteiger partial charge in [0, 0.05) is 25.6 Å². The lowest BCUT2D eigenvalue weighted by molar-refractivity contribution is 0.0963. The average Bonchev–Trinajstić information content (AvgIpc) is 3.00. The molecule has 0 saturated heterocycles. The number of aromatic nitrogens is 2. The monoisotopic (exact) mass is 316 g/mol. The van der Waals surface area contributed by atoms with E-state index in [1.165, 1.54) is 0 Å². The summed E-state index contributed by atoms with van der Waals surface area (Å²) in [5, 5.41) is 6.63. The summed E-state index contributed by atoms with van der Waals surface area (Å²) in [6.07, 6.45) is 3.02. The molecule has 0 atom stereocenters. The Morgan fingerprint density at radius 1 is 1.26 bits per heavy atom. The van der Waals surface area contributed by atoms with Crippen LogP contribution in [0, 0.1) is 0 Å². The molecule has 1 aromatic heterocycles. The van der Waals surface area contributed by atoms with E-state index in [1.54, 1.807) is 7.05 Å². The lowest BCUT2D eigenvalue weighted by Gasteiger charge is -2.14. The molecule has 0 aliphatic heterocycles. The minimum absolute atomic E-state index is 0.0729. The number of aryl methyl sites for hydroxylation is 1. The first kappa shape index (κ1) is 17.1. The highest BCUT2D eigenvalue weighted by atomic mass is 16.5. The Labute approximate surface area is 136 Å². The van der Waals surface area contributed by atoms with Crippen LogP contribution in [0.1, 0.15) is 47.4 Å². The van der Waals surface area contributed by atoms with E-state index >= 15 is 0 Å². The molecule has 0 radical (unpaired) electrons. The zero-order valence-corrected chi connectivity index (χ0v) is 14.0. The van der Waals surface area contributed by atoms with Crippen molar-refractivity contribution in [3.05, 3.63) is 47.1 Å². The normalized spacial score (nSPS) is 11.0. The fourth-order valence-corrected chi connectivity index (χ4v) is 2.30. The molecule has 1 amide bonds. The molecule has 0 aliphatic carbocycles. The maximum atomic E-state index is 11.5. The number of hydrogen-bond acceptors (Lipinski definition) is 5. The van der Waals surface area contributed by atoms with Crippen LogP contribution in [-0.4, -0.2) is 35.0 Å². The number of nitrogens with zero attached hydrogens (tertiary/aromatic N) is 3. The summed E-state index contributed by atoms with van der Waals surface area (Å²) in [6.45, 7) is 3.53. The van der Waals surface area contributed by atoms with E-state index in [-0.39, 0.29) is 5.91 Å². The predicted octanol–water partition coefficient (Wildman–Crippen LogP) is 2.40. The number of carbonyl (C=O) groups excluding carboxylic acids is 1. The van der Waals surface area contributed by atoms with Gasteiger partial charge in [-0.2, -0.15) is 4.98 Å². The lowest BCUT2D eigenvalue weighted by Crippen LogP contribution is -2.19. The van der Waals surface area contributed by atoms with Crippen molar-refractivity contribution < 1.29 is 9.32 Å². The predicted molar refractivity (Wildman–Crippen MR) is 87.9 cm³/mol. The molecular weight excluding hydrogens is 292 g/mol. The van der Waals surface area contributed by atoms with Gasteiger partial charge in [0.25, 0.3) is 5.91 Å². The Hall–Kier alpha value is -2.21. The van der Waals surface area contributed by atoms with Crippen molar-refractivity contribution in [3.8, 4) is 0 Å². The molecule has 6 nitrogen and oxygen atoms in total. The lowest BCUT2D eigenvalue weighted by atomic mass is 10.1. The summed E-state index contributed by atoms with van der Waals surface area (Å²) in [5.41, 5.74) is 1.80. The van der Waals surface area contributed by atoms with Gasteiger partial charge in [0.1, 0.15) is 0 Å². The van der Waals surface area contributed by atoms with E-state index < -0.39 is 0 Å². The molecule has 0 spiro atoms. The van der Waals surface area contributed by atoms with E-state index in [0.717, 1.165) is 31.4 Å². The second-order valence-corrected chi connectivity index (χ2v) is 5.66.